The van der Waals surface area contributed by atoms with Crippen LogP contribution in [0, 0.1) is 0 Å². The number of nitrogen functional groups attached to an aromatic ring is 1. The SMILES string of the molecule is Nc1ccccc1-c1nc(-c2cnc3ccsc3c2)no1. The first-order valence-corrected chi connectivity index (χ1v) is 7.21. The van der Waals surface area contributed by atoms with Gasteiger partial charge in [0.05, 0.1) is 15.8 Å². The highest BCUT2D eigenvalue weighted by atomic mass is 32.1. The van der Waals surface area contributed by atoms with E-state index in [0.29, 0.717) is 17.4 Å². The summed E-state index contributed by atoms with van der Waals surface area (Å²) in [5.74, 6) is 0.922. The highest BCUT2D eigenvalue weighted by Crippen LogP contribution is 2.28. The number of nitrogens with two attached hydrogens (primary N) is 1. The average molecular weight is 294 g/mol. The normalized spacial score (nSPS) is 11.0. The smallest absolute Gasteiger partial charge is 0.260 e. The van der Waals surface area contributed by atoms with E-state index in [1.54, 1.807) is 23.6 Å². The van der Waals surface area contributed by atoms with Gasteiger partial charge in [-0.2, -0.15) is 4.98 Å². The topological polar surface area (TPSA) is 77.8 Å². The lowest BCUT2D eigenvalue weighted by Crippen LogP contribution is -1.89. The summed E-state index contributed by atoms with van der Waals surface area (Å²) in [4.78, 5) is 8.79. The van der Waals surface area contributed by atoms with Crippen molar-refractivity contribution in [3.63, 3.8) is 0 Å². The minimum atomic E-state index is 0.411. The summed E-state index contributed by atoms with van der Waals surface area (Å²) in [5, 5.41) is 6.03. The molecule has 0 radical (unpaired) electrons. The minimum absolute atomic E-state index is 0.411. The van der Waals surface area contributed by atoms with E-state index in [-0.39, 0.29) is 0 Å². The second-order valence-corrected chi connectivity index (χ2v) is 5.49. The maximum Gasteiger partial charge on any atom is 0.260 e. The molecule has 6 heteroatoms. The van der Waals surface area contributed by atoms with E-state index < -0.39 is 0 Å². The second kappa shape index (κ2) is 4.68. The van der Waals surface area contributed by atoms with Crippen LogP contribution in [0.1, 0.15) is 0 Å². The zero-order valence-corrected chi connectivity index (χ0v) is 11.7. The van der Waals surface area contributed by atoms with Gasteiger partial charge in [-0.3, -0.25) is 4.98 Å². The van der Waals surface area contributed by atoms with Crippen molar-refractivity contribution < 1.29 is 4.52 Å². The van der Waals surface area contributed by atoms with Crippen LogP contribution < -0.4 is 5.73 Å². The van der Waals surface area contributed by atoms with Crippen LogP contribution in [0.3, 0.4) is 0 Å². The predicted molar refractivity (Wildman–Crippen MR) is 82.8 cm³/mol. The summed E-state index contributed by atoms with van der Waals surface area (Å²) in [6.07, 6.45) is 1.75. The fourth-order valence-electron chi connectivity index (χ4n) is 2.11. The zero-order chi connectivity index (χ0) is 14.2. The number of thiophene rings is 1. The summed E-state index contributed by atoms with van der Waals surface area (Å²) >= 11 is 1.63. The molecule has 0 saturated heterocycles. The van der Waals surface area contributed by atoms with Crippen molar-refractivity contribution in [1.82, 2.24) is 15.1 Å². The molecule has 0 saturated carbocycles. The largest absolute Gasteiger partial charge is 0.398 e. The first kappa shape index (κ1) is 12.0. The molecule has 3 aromatic heterocycles. The molecule has 1 aromatic carbocycles. The van der Waals surface area contributed by atoms with Crippen LogP contribution in [-0.4, -0.2) is 15.1 Å². The quantitative estimate of drug-likeness (QED) is 0.571. The molecule has 102 valence electrons. The zero-order valence-electron chi connectivity index (χ0n) is 10.9. The molecule has 0 fully saturated rings. The Bertz CT molecular complexity index is 928. The predicted octanol–water partition coefficient (Wildman–Crippen LogP) is 3.60. The molecule has 5 nitrogen and oxygen atoms in total. The monoisotopic (exact) mass is 294 g/mol. The molecular formula is C15H10N4OS. The lowest BCUT2D eigenvalue weighted by molar-refractivity contribution is 0.432. The van der Waals surface area contributed by atoms with Crippen LogP contribution in [0.2, 0.25) is 0 Å². The minimum Gasteiger partial charge on any atom is -0.398 e. The summed E-state index contributed by atoms with van der Waals surface area (Å²) in [6.45, 7) is 0. The number of nitrogens with zero attached hydrogens (tertiary/aromatic N) is 3. The van der Waals surface area contributed by atoms with E-state index in [1.807, 2.05) is 35.7 Å². The van der Waals surface area contributed by atoms with Gasteiger partial charge in [-0.05, 0) is 29.6 Å². The first-order valence-electron chi connectivity index (χ1n) is 6.33. The molecule has 4 rings (SSSR count). The average Bonchev–Trinajstić information content (AvgIpc) is 3.16. The number of anilines is 1. The summed E-state index contributed by atoms with van der Waals surface area (Å²) in [5.41, 5.74) is 9.07. The fourth-order valence-corrected chi connectivity index (χ4v) is 2.89. The highest BCUT2D eigenvalue weighted by molar-refractivity contribution is 7.17. The van der Waals surface area contributed by atoms with Crippen LogP contribution >= 0.6 is 11.3 Å². The number of pyridine rings is 1. The van der Waals surface area contributed by atoms with Crippen LogP contribution in [0.25, 0.3) is 33.1 Å². The Morgan fingerprint density at radius 1 is 1.14 bits per heavy atom. The molecule has 0 atom stereocenters. The van der Waals surface area contributed by atoms with Gasteiger partial charge in [0.1, 0.15) is 0 Å². The van der Waals surface area contributed by atoms with Crippen LogP contribution in [0.5, 0.6) is 0 Å². The third-order valence-corrected chi connectivity index (χ3v) is 4.03. The van der Waals surface area contributed by atoms with E-state index in [4.69, 9.17) is 10.3 Å². The standard InChI is InChI=1S/C15H10N4OS/c16-11-4-2-1-3-10(11)15-18-14(19-20-15)9-7-13-12(17-8-9)5-6-21-13/h1-8H,16H2. The van der Waals surface area contributed by atoms with Crippen molar-refractivity contribution in [2.45, 2.75) is 0 Å². The van der Waals surface area contributed by atoms with Crippen molar-refractivity contribution in [3.8, 4) is 22.8 Å². The summed E-state index contributed by atoms with van der Waals surface area (Å²) in [6, 6.07) is 11.4. The molecule has 0 aliphatic rings. The molecule has 0 spiro atoms. The number of hydrogen-bond donors (Lipinski definition) is 1. The Balaban J connectivity index is 1.78. The maximum atomic E-state index is 5.92. The van der Waals surface area contributed by atoms with Gasteiger partial charge < -0.3 is 10.3 Å². The molecular weight excluding hydrogens is 284 g/mol. The van der Waals surface area contributed by atoms with E-state index in [2.05, 4.69) is 15.1 Å². The molecule has 0 unspecified atom stereocenters. The third kappa shape index (κ3) is 2.05. The lowest BCUT2D eigenvalue weighted by atomic mass is 10.2. The van der Waals surface area contributed by atoms with Crippen LogP contribution in [0.15, 0.2) is 52.5 Å². The number of aromatic nitrogens is 3. The van der Waals surface area contributed by atoms with Gasteiger partial charge in [0.25, 0.3) is 5.89 Å². The van der Waals surface area contributed by atoms with E-state index in [9.17, 15) is 0 Å². The number of fused-ring (bicyclic) bond motifs is 1. The van der Waals surface area contributed by atoms with Crippen molar-refractivity contribution in [2.24, 2.45) is 0 Å². The molecule has 0 aliphatic carbocycles. The van der Waals surface area contributed by atoms with Crippen molar-refractivity contribution in [3.05, 3.63) is 48.0 Å². The summed E-state index contributed by atoms with van der Waals surface area (Å²) < 4.78 is 6.41. The number of hydrogen-bond acceptors (Lipinski definition) is 6. The third-order valence-electron chi connectivity index (χ3n) is 3.18. The highest BCUT2D eigenvalue weighted by Gasteiger charge is 2.13. The van der Waals surface area contributed by atoms with E-state index >= 15 is 0 Å². The number of para-hydroxylation sites is 1. The van der Waals surface area contributed by atoms with Gasteiger partial charge in [0.15, 0.2) is 0 Å². The maximum absolute atomic E-state index is 5.92. The van der Waals surface area contributed by atoms with Gasteiger partial charge in [-0.1, -0.05) is 17.3 Å². The Hall–Kier alpha value is -2.73. The van der Waals surface area contributed by atoms with Crippen molar-refractivity contribution in [1.29, 1.82) is 0 Å². The lowest BCUT2D eigenvalue weighted by Gasteiger charge is -1.98. The molecule has 0 bridgehead atoms. The Morgan fingerprint density at radius 2 is 2.05 bits per heavy atom. The fraction of sp³-hybridized carbons (Fsp3) is 0. The van der Waals surface area contributed by atoms with Gasteiger partial charge in [0, 0.05) is 17.4 Å². The summed E-state index contributed by atoms with van der Waals surface area (Å²) in [7, 11) is 0. The second-order valence-electron chi connectivity index (χ2n) is 4.54. The Kier molecular flexibility index (Phi) is 2.68. The van der Waals surface area contributed by atoms with E-state index in [1.165, 1.54) is 0 Å². The number of rotatable bonds is 2. The van der Waals surface area contributed by atoms with Crippen LogP contribution in [0.4, 0.5) is 5.69 Å². The Labute approximate surface area is 124 Å². The van der Waals surface area contributed by atoms with Gasteiger partial charge >= 0.3 is 0 Å². The molecule has 21 heavy (non-hydrogen) atoms. The molecule has 0 amide bonds. The van der Waals surface area contributed by atoms with Crippen molar-refractivity contribution in [2.75, 3.05) is 5.73 Å². The Morgan fingerprint density at radius 3 is 2.95 bits per heavy atom. The number of benzene rings is 1. The first-order chi connectivity index (χ1) is 10.3. The van der Waals surface area contributed by atoms with Gasteiger partial charge in [0.2, 0.25) is 5.82 Å². The van der Waals surface area contributed by atoms with Crippen LogP contribution in [-0.2, 0) is 0 Å². The molecule has 3 heterocycles. The van der Waals surface area contributed by atoms with Gasteiger partial charge in [-0.15, -0.1) is 11.3 Å². The van der Waals surface area contributed by atoms with E-state index in [0.717, 1.165) is 21.3 Å². The molecule has 4 aromatic rings. The molecule has 2 N–H and O–H groups in total. The van der Waals surface area contributed by atoms with Crippen molar-refractivity contribution >= 4 is 27.2 Å². The molecule has 0 aliphatic heterocycles. The van der Waals surface area contributed by atoms with Gasteiger partial charge in [-0.25, -0.2) is 0 Å².